The van der Waals surface area contributed by atoms with E-state index in [2.05, 4.69) is 10.6 Å². The Labute approximate surface area is 152 Å². The van der Waals surface area contributed by atoms with Crippen LogP contribution in [0.15, 0.2) is 24.3 Å². The molecule has 2 aliphatic rings. The van der Waals surface area contributed by atoms with E-state index in [4.69, 9.17) is 5.11 Å². The molecule has 1 aromatic rings. The summed E-state index contributed by atoms with van der Waals surface area (Å²) in [6.07, 6.45) is -2.89. The number of halogens is 3. The van der Waals surface area contributed by atoms with Gasteiger partial charge in [-0.2, -0.15) is 13.2 Å². The highest BCUT2D eigenvalue weighted by Gasteiger charge is 2.53. The second-order valence-corrected chi connectivity index (χ2v) is 6.76. The zero-order chi connectivity index (χ0) is 19.8. The molecule has 3 amide bonds. The fourth-order valence-corrected chi connectivity index (χ4v) is 3.04. The van der Waals surface area contributed by atoms with Crippen molar-refractivity contribution in [1.82, 2.24) is 10.2 Å². The van der Waals surface area contributed by atoms with Crippen LogP contribution in [0, 0.1) is 11.8 Å². The molecular formula is C17H18F3N3O4. The lowest BCUT2D eigenvalue weighted by molar-refractivity contribution is -0.187. The van der Waals surface area contributed by atoms with Gasteiger partial charge in [0.05, 0.1) is 11.8 Å². The Morgan fingerprint density at radius 1 is 1.15 bits per heavy atom. The van der Waals surface area contributed by atoms with Gasteiger partial charge >= 0.3 is 18.2 Å². The van der Waals surface area contributed by atoms with Crippen molar-refractivity contribution in [3.8, 4) is 0 Å². The number of likely N-dealkylation sites (tertiary alicyclic amines) is 1. The Bertz CT molecular complexity index is 764. The van der Waals surface area contributed by atoms with Gasteiger partial charge in [-0.25, -0.2) is 4.79 Å². The number of carbonyl (C=O) groups is 3. The molecule has 2 fully saturated rings. The first kappa shape index (κ1) is 19.0. The molecule has 146 valence electrons. The van der Waals surface area contributed by atoms with Crippen molar-refractivity contribution in [2.45, 2.75) is 25.1 Å². The number of carboxylic acid groups (broad SMARTS) is 1. The van der Waals surface area contributed by atoms with Crippen LogP contribution >= 0.6 is 0 Å². The molecule has 0 unspecified atom stereocenters. The number of urea groups is 1. The zero-order valence-electron chi connectivity index (χ0n) is 14.1. The van der Waals surface area contributed by atoms with Crippen molar-refractivity contribution in [3.63, 3.8) is 0 Å². The van der Waals surface area contributed by atoms with Crippen LogP contribution in [0.2, 0.25) is 0 Å². The SMILES string of the molecule is O=C(Nc1cccc(C(=O)N2C[C@@H](C(F)(F)F)[C@H](C(=O)O)C2)c1)NC1CC1. The Morgan fingerprint density at radius 3 is 2.41 bits per heavy atom. The zero-order valence-corrected chi connectivity index (χ0v) is 14.1. The number of benzene rings is 1. The molecule has 27 heavy (non-hydrogen) atoms. The van der Waals surface area contributed by atoms with Gasteiger partial charge in [0, 0.05) is 30.4 Å². The number of rotatable bonds is 4. The minimum absolute atomic E-state index is 0.0752. The Hall–Kier alpha value is -2.78. The predicted octanol–water partition coefficient (Wildman–Crippen LogP) is 2.31. The van der Waals surface area contributed by atoms with Crippen LogP contribution in [0.25, 0.3) is 0 Å². The van der Waals surface area contributed by atoms with Crippen molar-refractivity contribution >= 4 is 23.6 Å². The first-order valence-electron chi connectivity index (χ1n) is 8.41. The van der Waals surface area contributed by atoms with Crippen LogP contribution in [-0.4, -0.2) is 53.2 Å². The summed E-state index contributed by atoms with van der Waals surface area (Å²) >= 11 is 0. The molecule has 7 nitrogen and oxygen atoms in total. The smallest absolute Gasteiger partial charge is 0.394 e. The van der Waals surface area contributed by atoms with Gasteiger partial charge in [0.2, 0.25) is 0 Å². The molecular weight excluding hydrogens is 367 g/mol. The molecule has 2 atom stereocenters. The maximum atomic E-state index is 13.1. The monoisotopic (exact) mass is 385 g/mol. The second kappa shape index (κ2) is 7.09. The Morgan fingerprint density at radius 2 is 1.85 bits per heavy atom. The summed E-state index contributed by atoms with van der Waals surface area (Å²) in [6.45, 7) is -1.22. The van der Waals surface area contributed by atoms with Gasteiger partial charge in [-0.1, -0.05) is 6.07 Å². The third-order valence-corrected chi connectivity index (χ3v) is 4.62. The molecule has 0 radical (unpaired) electrons. The maximum Gasteiger partial charge on any atom is 0.394 e. The first-order chi connectivity index (χ1) is 12.6. The largest absolute Gasteiger partial charge is 0.481 e. The van der Waals surface area contributed by atoms with Crippen LogP contribution in [0.3, 0.4) is 0 Å². The number of nitrogens with zero attached hydrogens (tertiary/aromatic N) is 1. The summed E-state index contributed by atoms with van der Waals surface area (Å²) < 4.78 is 39.2. The van der Waals surface area contributed by atoms with Crippen LogP contribution in [-0.2, 0) is 4.79 Å². The average Bonchev–Trinajstić information content (AvgIpc) is 3.25. The first-order valence-corrected chi connectivity index (χ1v) is 8.41. The summed E-state index contributed by atoms with van der Waals surface area (Å²) in [5.74, 6) is -6.09. The maximum absolute atomic E-state index is 13.1. The van der Waals surface area contributed by atoms with Crippen molar-refractivity contribution in [2.24, 2.45) is 11.8 Å². The second-order valence-electron chi connectivity index (χ2n) is 6.76. The summed E-state index contributed by atoms with van der Waals surface area (Å²) in [6, 6.07) is 5.52. The topological polar surface area (TPSA) is 98.7 Å². The van der Waals surface area contributed by atoms with Crippen molar-refractivity contribution in [3.05, 3.63) is 29.8 Å². The number of alkyl halides is 3. The third-order valence-electron chi connectivity index (χ3n) is 4.62. The van der Waals surface area contributed by atoms with E-state index in [0.717, 1.165) is 17.7 Å². The normalized spacial score (nSPS) is 22.4. The van der Waals surface area contributed by atoms with Gasteiger partial charge in [-0.3, -0.25) is 9.59 Å². The molecule has 3 N–H and O–H groups in total. The molecule has 1 aliphatic heterocycles. The standard InChI is InChI=1S/C17H18F3N3O4/c18-17(19,20)13-8-23(7-12(13)15(25)26)14(24)9-2-1-3-11(6-9)22-16(27)21-10-4-5-10/h1-3,6,10,12-13H,4-5,7-8H2,(H,25,26)(H2,21,22,27)/t12-,13-/m1/s1. The van der Waals surface area contributed by atoms with Gasteiger partial charge in [0.25, 0.3) is 5.91 Å². The third kappa shape index (κ3) is 4.50. The Balaban J connectivity index is 1.70. The van der Waals surface area contributed by atoms with Gasteiger partial charge in [0.1, 0.15) is 0 Å². The van der Waals surface area contributed by atoms with Crippen molar-refractivity contribution in [1.29, 1.82) is 0 Å². The quantitative estimate of drug-likeness (QED) is 0.741. The molecule has 1 aromatic carbocycles. The van der Waals surface area contributed by atoms with E-state index < -0.39 is 49.0 Å². The molecule has 10 heteroatoms. The molecule has 0 bridgehead atoms. The van der Waals surface area contributed by atoms with E-state index in [0.29, 0.717) is 5.69 Å². The number of hydrogen-bond donors (Lipinski definition) is 3. The van der Waals surface area contributed by atoms with E-state index in [1.165, 1.54) is 18.2 Å². The fourth-order valence-electron chi connectivity index (χ4n) is 3.04. The highest BCUT2D eigenvalue weighted by Crippen LogP contribution is 2.38. The average molecular weight is 385 g/mol. The van der Waals surface area contributed by atoms with Gasteiger partial charge in [-0.05, 0) is 31.0 Å². The lowest BCUT2D eigenvalue weighted by Crippen LogP contribution is -2.34. The van der Waals surface area contributed by atoms with E-state index >= 15 is 0 Å². The minimum atomic E-state index is -4.71. The van der Waals surface area contributed by atoms with Gasteiger partial charge < -0.3 is 20.6 Å². The van der Waals surface area contributed by atoms with Crippen LogP contribution < -0.4 is 10.6 Å². The highest BCUT2D eigenvalue weighted by atomic mass is 19.4. The molecule has 1 aliphatic carbocycles. The highest BCUT2D eigenvalue weighted by molar-refractivity contribution is 5.97. The van der Waals surface area contributed by atoms with E-state index in [1.54, 1.807) is 6.07 Å². The molecule has 1 saturated carbocycles. The minimum Gasteiger partial charge on any atom is -0.481 e. The number of amides is 3. The van der Waals surface area contributed by atoms with E-state index in [1.807, 2.05) is 0 Å². The van der Waals surface area contributed by atoms with Crippen LogP contribution in [0.4, 0.5) is 23.7 Å². The van der Waals surface area contributed by atoms with Gasteiger partial charge in [-0.15, -0.1) is 0 Å². The molecule has 0 aromatic heterocycles. The van der Waals surface area contributed by atoms with E-state index in [-0.39, 0.29) is 11.6 Å². The summed E-state index contributed by atoms with van der Waals surface area (Å²) in [4.78, 5) is 36.3. The number of carbonyl (C=O) groups excluding carboxylic acids is 2. The number of carboxylic acids is 1. The Kier molecular flexibility index (Phi) is 4.99. The van der Waals surface area contributed by atoms with E-state index in [9.17, 15) is 27.6 Å². The summed E-state index contributed by atoms with van der Waals surface area (Å²) in [5, 5.41) is 14.3. The van der Waals surface area contributed by atoms with Crippen molar-refractivity contribution < 1.29 is 32.7 Å². The number of aliphatic carboxylic acids is 1. The molecule has 0 spiro atoms. The summed E-state index contributed by atoms with van der Waals surface area (Å²) in [7, 11) is 0. The lowest BCUT2D eigenvalue weighted by Gasteiger charge is -2.18. The van der Waals surface area contributed by atoms with Crippen molar-refractivity contribution in [2.75, 3.05) is 18.4 Å². The number of nitrogens with one attached hydrogen (secondary N) is 2. The fraction of sp³-hybridized carbons (Fsp3) is 0.471. The van der Waals surface area contributed by atoms with Gasteiger partial charge in [0.15, 0.2) is 0 Å². The summed E-state index contributed by atoms with van der Waals surface area (Å²) in [5.41, 5.74) is 0.395. The van der Waals surface area contributed by atoms with Crippen LogP contribution in [0.1, 0.15) is 23.2 Å². The van der Waals surface area contributed by atoms with Crippen LogP contribution in [0.5, 0.6) is 0 Å². The molecule has 1 heterocycles. The lowest BCUT2D eigenvalue weighted by atomic mass is 9.96. The predicted molar refractivity (Wildman–Crippen MR) is 88.2 cm³/mol. The molecule has 3 rings (SSSR count). The number of hydrogen-bond acceptors (Lipinski definition) is 3. The molecule has 1 saturated heterocycles. The number of anilines is 1.